The van der Waals surface area contributed by atoms with Gasteiger partial charge >= 0.3 is 5.97 Å². The average Bonchev–Trinajstić information content (AvgIpc) is 2.27. The average molecular weight is 243 g/mol. The van der Waals surface area contributed by atoms with E-state index in [1.165, 1.54) is 0 Å². The summed E-state index contributed by atoms with van der Waals surface area (Å²) >= 11 is 0. The van der Waals surface area contributed by atoms with Gasteiger partial charge in [0.2, 0.25) is 5.91 Å². The molecule has 4 heteroatoms. The van der Waals surface area contributed by atoms with E-state index in [0.29, 0.717) is 6.42 Å². The predicted octanol–water partition coefficient (Wildman–Crippen LogP) is 2.57. The molecule has 0 radical (unpaired) electrons. The first-order valence-corrected chi connectivity index (χ1v) is 6.53. The van der Waals surface area contributed by atoms with E-state index < -0.39 is 5.97 Å². The summed E-state index contributed by atoms with van der Waals surface area (Å²) < 4.78 is 0. The van der Waals surface area contributed by atoms with Gasteiger partial charge in [0.25, 0.3) is 0 Å². The van der Waals surface area contributed by atoms with Gasteiger partial charge in [-0.05, 0) is 26.2 Å². The van der Waals surface area contributed by atoms with Crippen molar-refractivity contribution in [2.45, 2.75) is 65.3 Å². The highest BCUT2D eigenvalue weighted by Gasteiger charge is 2.17. The van der Waals surface area contributed by atoms with Crippen LogP contribution < -0.4 is 5.32 Å². The lowest BCUT2D eigenvalue weighted by Crippen LogP contribution is -2.37. The number of carbonyl (C=O) groups excluding carboxylic acids is 1. The Bertz CT molecular complexity index is 241. The maximum Gasteiger partial charge on any atom is 0.303 e. The van der Waals surface area contributed by atoms with E-state index in [-0.39, 0.29) is 24.3 Å². The molecule has 0 aromatic carbocycles. The van der Waals surface area contributed by atoms with Gasteiger partial charge in [-0.25, -0.2) is 0 Å². The second-order valence-corrected chi connectivity index (χ2v) is 4.59. The summed E-state index contributed by atoms with van der Waals surface area (Å²) in [4.78, 5) is 22.3. The van der Waals surface area contributed by atoms with Crippen LogP contribution in [-0.4, -0.2) is 23.0 Å². The van der Waals surface area contributed by atoms with Crippen molar-refractivity contribution in [3.63, 3.8) is 0 Å². The lowest BCUT2D eigenvalue weighted by molar-refractivity contribution is -0.137. The zero-order chi connectivity index (χ0) is 13.3. The third-order valence-corrected chi connectivity index (χ3v) is 2.95. The summed E-state index contributed by atoms with van der Waals surface area (Å²) in [6, 6.07) is -0.0609. The maximum absolute atomic E-state index is 11.9. The molecule has 4 nitrogen and oxygen atoms in total. The van der Waals surface area contributed by atoms with Gasteiger partial charge in [0, 0.05) is 18.4 Å². The van der Waals surface area contributed by atoms with E-state index in [9.17, 15) is 9.59 Å². The second-order valence-electron chi connectivity index (χ2n) is 4.59. The maximum atomic E-state index is 11.9. The first-order valence-electron chi connectivity index (χ1n) is 6.53. The van der Waals surface area contributed by atoms with E-state index in [2.05, 4.69) is 12.2 Å². The summed E-state index contributed by atoms with van der Waals surface area (Å²) in [5.41, 5.74) is 0. The molecule has 0 heterocycles. The molecule has 0 spiro atoms. The van der Waals surface area contributed by atoms with Gasteiger partial charge in [-0.3, -0.25) is 9.59 Å². The molecule has 0 saturated heterocycles. The zero-order valence-electron chi connectivity index (χ0n) is 11.2. The molecule has 0 aliphatic heterocycles. The molecule has 0 aromatic heterocycles. The van der Waals surface area contributed by atoms with Crippen LogP contribution in [0, 0.1) is 5.92 Å². The molecule has 0 fully saturated rings. The number of carboxylic acids is 1. The number of hydrogen-bond acceptors (Lipinski definition) is 2. The van der Waals surface area contributed by atoms with E-state index in [4.69, 9.17) is 5.11 Å². The SMILES string of the molecule is CCCCC(CC)C(=O)NC(C)CCC(=O)O. The summed E-state index contributed by atoms with van der Waals surface area (Å²) in [6.07, 6.45) is 4.52. The molecule has 2 unspecified atom stereocenters. The molecule has 0 aliphatic rings. The van der Waals surface area contributed by atoms with Gasteiger partial charge in [0.1, 0.15) is 0 Å². The van der Waals surface area contributed by atoms with Crippen molar-refractivity contribution in [3.8, 4) is 0 Å². The fourth-order valence-corrected chi connectivity index (χ4v) is 1.74. The molecular weight excluding hydrogens is 218 g/mol. The Balaban J connectivity index is 3.98. The van der Waals surface area contributed by atoms with Gasteiger partial charge in [-0.1, -0.05) is 26.7 Å². The highest BCUT2D eigenvalue weighted by molar-refractivity contribution is 5.78. The quantitative estimate of drug-likeness (QED) is 0.654. The molecule has 2 N–H and O–H groups in total. The van der Waals surface area contributed by atoms with Crippen molar-refractivity contribution in [3.05, 3.63) is 0 Å². The number of carboxylic acid groups (broad SMARTS) is 1. The van der Waals surface area contributed by atoms with Crippen LogP contribution in [0.15, 0.2) is 0 Å². The molecule has 0 saturated carbocycles. The summed E-state index contributed by atoms with van der Waals surface area (Å²) in [5, 5.41) is 11.4. The van der Waals surface area contributed by atoms with Crippen LogP contribution in [0.1, 0.15) is 59.3 Å². The number of carbonyl (C=O) groups is 2. The Morgan fingerprint density at radius 2 is 1.88 bits per heavy atom. The van der Waals surface area contributed by atoms with E-state index in [1.807, 2.05) is 13.8 Å². The standard InChI is InChI=1S/C13H25NO3/c1-4-6-7-11(5-2)13(17)14-10(3)8-9-12(15)16/h10-11H,4-9H2,1-3H3,(H,14,17)(H,15,16). The highest BCUT2D eigenvalue weighted by atomic mass is 16.4. The fourth-order valence-electron chi connectivity index (χ4n) is 1.74. The van der Waals surface area contributed by atoms with E-state index in [1.54, 1.807) is 0 Å². The summed E-state index contributed by atoms with van der Waals surface area (Å²) in [7, 11) is 0. The smallest absolute Gasteiger partial charge is 0.303 e. The summed E-state index contributed by atoms with van der Waals surface area (Å²) in [5.74, 6) is -0.676. The number of unbranched alkanes of at least 4 members (excludes halogenated alkanes) is 1. The van der Waals surface area contributed by atoms with Crippen molar-refractivity contribution in [1.82, 2.24) is 5.32 Å². The molecule has 1 amide bonds. The van der Waals surface area contributed by atoms with Crippen molar-refractivity contribution >= 4 is 11.9 Å². The predicted molar refractivity (Wildman–Crippen MR) is 67.8 cm³/mol. The summed E-state index contributed by atoms with van der Waals surface area (Å²) in [6.45, 7) is 5.98. The molecule has 2 atom stereocenters. The number of hydrogen-bond donors (Lipinski definition) is 2. The van der Waals surface area contributed by atoms with Gasteiger partial charge in [0.15, 0.2) is 0 Å². The van der Waals surface area contributed by atoms with Crippen LogP contribution >= 0.6 is 0 Å². The fraction of sp³-hybridized carbons (Fsp3) is 0.846. The zero-order valence-corrected chi connectivity index (χ0v) is 11.2. The Morgan fingerprint density at radius 1 is 1.24 bits per heavy atom. The van der Waals surface area contributed by atoms with Crippen molar-refractivity contribution in [2.75, 3.05) is 0 Å². The first kappa shape index (κ1) is 15.9. The number of rotatable bonds is 9. The minimum absolute atomic E-state index is 0.0609. The second kappa shape index (κ2) is 9.02. The minimum Gasteiger partial charge on any atom is -0.481 e. The van der Waals surface area contributed by atoms with Gasteiger partial charge in [0.05, 0.1) is 0 Å². The van der Waals surface area contributed by atoms with Crippen LogP contribution in [0.2, 0.25) is 0 Å². The van der Waals surface area contributed by atoms with Crippen molar-refractivity contribution in [2.24, 2.45) is 5.92 Å². The van der Waals surface area contributed by atoms with Gasteiger partial charge in [-0.15, -0.1) is 0 Å². The van der Waals surface area contributed by atoms with E-state index >= 15 is 0 Å². The Labute approximate surface area is 104 Å². The van der Waals surface area contributed by atoms with Crippen LogP contribution in [-0.2, 0) is 9.59 Å². The third-order valence-electron chi connectivity index (χ3n) is 2.95. The van der Waals surface area contributed by atoms with Crippen LogP contribution in [0.3, 0.4) is 0 Å². The van der Waals surface area contributed by atoms with Crippen LogP contribution in [0.5, 0.6) is 0 Å². The van der Waals surface area contributed by atoms with Crippen molar-refractivity contribution in [1.29, 1.82) is 0 Å². The molecule has 0 rings (SSSR count). The minimum atomic E-state index is -0.816. The Kier molecular flexibility index (Phi) is 8.46. The lowest BCUT2D eigenvalue weighted by atomic mass is 9.98. The van der Waals surface area contributed by atoms with Crippen LogP contribution in [0.4, 0.5) is 0 Å². The molecular formula is C13H25NO3. The monoisotopic (exact) mass is 243 g/mol. The molecule has 100 valence electrons. The molecule has 0 aromatic rings. The Hall–Kier alpha value is -1.06. The molecule has 0 aliphatic carbocycles. The van der Waals surface area contributed by atoms with Gasteiger partial charge < -0.3 is 10.4 Å². The van der Waals surface area contributed by atoms with Crippen LogP contribution in [0.25, 0.3) is 0 Å². The van der Waals surface area contributed by atoms with E-state index in [0.717, 1.165) is 25.7 Å². The first-order chi connectivity index (χ1) is 8.01. The molecule has 0 bridgehead atoms. The largest absolute Gasteiger partial charge is 0.481 e. The number of amides is 1. The van der Waals surface area contributed by atoms with Crippen molar-refractivity contribution < 1.29 is 14.7 Å². The Morgan fingerprint density at radius 3 is 2.35 bits per heavy atom. The number of nitrogens with one attached hydrogen (secondary N) is 1. The number of aliphatic carboxylic acids is 1. The lowest BCUT2D eigenvalue weighted by Gasteiger charge is -2.18. The third kappa shape index (κ3) is 7.77. The van der Waals surface area contributed by atoms with Gasteiger partial charge in [-0.2, -0.15) is 0 Å². The topological polar surface area (TPSA) is 66.4 Å². The highest BCUT2D eigenvalue weighted by Crippen LogP contribution is 2.13. The molecule has 17 heavy (non-hydrogen) atoms. The normalized spacial score (nSPS) is 14.1.